The van der Waals surface area contributed by atoms with Gasteiger partial charge in [0.25, 0.3) is 0 Å². The third-order valence-electron chi connectivity index (χ3n) is 9.97. The fourth-order valence-corrected chi connectivity index (χ4v) is 8.75. The molecule has 0 aromatic rings. The summed E-state index contributed by atoms with van der Waals surface area (Å²) < 4.78 is 5.92. The van der Waals surface area contributed by atoms with E-state index in [2.05, 4.69) is 33.8 Å². The Morgan fingerprint density at radius 2 is 1.82 bits per heavy atom. The normalized spacial score (nSPS) is 51.2. The summed E-state index contributed by atoms with van der Waals surface area (Å²) in [5, 5.41) is 10.3. The van der Waals surface area contributed by atoms with Gasteiger partial charge in [0, 0.05) is 12.5 Å². The highest BCUT2D eigenvalue weighted by atomic mass is 16.5. The molecule has 5 rings (SSSR count). The predicted molar refractivity (Wildman–Crippen MR) is 114 cm³/mol. The van der Waals surface area contributed by atoms with Crippen LogP contribution >= 0.6 is 0 Å². The van der Waals surface area contributed by atoms with Crippen LogP contribution in [-0.2, 0) is 4.74 Å². The third kappa shape index (κ3) is 2.66. The van der Waals surface area contributed by atoms with Gasteiger partial charge in [0.15, 0.2) is 0 Å². The number of allylic oxidation sites excluding steroid dienone is 2. The molecule has 5 aliphatic rings. The SMILES string of the molecule is CC1=C(C2CCCOC2)[C@@]2(C)CC[C@H]3[C@@H]([C@@H](C)C=C4C[C@@H](O)CC[C@@]43C)[C@@H]2C1. The summed E-state index contributed by atoms with van der Waals surface area (Å²) in [7, 11) is 0. The Bertz CT molecular complexity index is 699. The van der Waals surface area contributed by atoms with Crippen molar-refractivity contribution in [2.75, 3.05) is 13.2 Å². The van der Waals surface area contributed by atoms with Gasteiger partial charge in [0.05, 0.1) is 12.7 Å². The van der Waals surface area contributed by atoms with Crippen molar-refractivity contribution in [2.24, 2.45) is 40.4 Å². The van der Waals surface area contributed by atoms with Crippen LogP contribution in [-0.4, -0.2) is 24.4 Å². The molecule has 8 atom stereocenters. The van der Waals surface area contributed by atoms with Gasteiger partial charge in [-0.3, -0.25) is 0 Å². The van der Waals surface area contributed by atoms with Crippen LogP contribution in [0.1, 0.15) is 79.1 Å². The van der Waals surface area contributed by atoms with Crippen LogP contribution in [0, 0.1) is 40.4 Å². The van der Waals surface area contributed by atoms with Crippen LogP contribution in [0.25, 0.3) is 0 Å². The molecule has 1 saturated heterocycles. The zero-order valence-electron chi connectivity index (χ0n) is 18.5. The zero-order chi connectivity index (χ0) is 19.7. The first kappa shape index (κ1) is 19.4. The fraction of sp³-hybridized carbons (Fsp3) is 0.846. The van der Waals surface area contributed by atoms with Crippen molar-refractivity contribution in [1.82, 2.24) is 0 Å². The van der Waals surface area contributed by atoms with Crippen molar-refractivity contribution in [2.45, 2.75) is 85.2 Å². The maximum absolute atomic E-state index is 10.3. The Morgan fingerprint density at radius 1 is 1.04 bits per heavy atom. The lowest BCUT2D eigenvalue weighted by Crippen LogP contribution is -2.52. The molecule has 0 bridgehead atoms. The molecule has 2 nitrogen and oxygen atoms in total. The molecule has 1 N–H and O–H groups in total. The summed E-state index contributed by atoms with van der Waals surface area (Å²) in [5.74, 6) is 3.74. The van der Waals surface area contributed by atoms with E-state index >= 15 is 0 Å². The van der Waals surface area contributed by atoms with Gasteiger partial charge in [-0.15, -0.1) is 0 Å². The van der Waals surface area contributed by atoms with Crippen molar-refractivity contribution in [3.63, 3.8) is 0 Å². The van der Waals surface area contributed by atoms with Gasteiger partial charge in [-0.2, -0.15) is 0 Å². The summed E-state index contributed by atoms with van der Waals surface area (Å²) in [6.07, 6.45) is 12.2. The second-order valence-electron chi connectivity index (χ2n) is 11.4. The average Bonchev–Trinajstić information content (AvgIpc) is 2.94. The smallest absolute Gasteiger partial charge is 0.0577 e. The topological polar surface area (TPSA) is 29.5 Å². The van der Waals surface area contributed by atoms with E-state index in [0.29, 0.717) is 22.7 Å². The van der Waals surface area contributed by atoms with Crippen molar-refractivity contribution in [1.29, 1.82) is 0 Å². The molecule has 0 radical (unpaired) electrons. The number of ether oxygens (including phenoxy) is 1. The summed E-state index contributed by atoms with van der Waals surface area (Å²) in [4.78, 5) is 0. The highest BCUT2D eigenvalue weighted by Gasteiger charge is 2.59. The quantitative estimate of drug-likeness (QED) is 0.570. The standard InChI is InChI=1S/C26H40O2/c1-16-12-19-14-20(27)7-9-25(19,3)21-8-10-26(4)22(23(16)21)13-17(2)24(26)18-6-5-11-28-15-18/h12,16,18,20-23,27H,5-11,13-15H2,1-4H3/t16-,18?,20-,21-,22-,23+,25-,26-/m0/s1. The zero-order valence-corrected chi connectivity index (χ0v) is 18.5. The number of hydrogen-bond donors (Lipinski definition) is 1. The molecular formula is C26H40O2. The van der Waals surface area contributed by atoms with E-state index in [1.807, 2.05) is 5.57 Å². The van der Waals surface area contributed by atoms with Gasteiger partial charge in [-0.05, 0) is 92.8 Å². The lowest BCUT2D eigenvalue weighted by molar-refractivity contribution is -0.0530. The Labute approximate surface area is 171 Å². The number of aliphatic hydroxyl groups excluding tert-OH is 1. The molecule has 0 spiro atoms. The average molecular weight is 385 g/mol. The van der Waals surface area contributed by atoms with Crippen LogP contribution in [0.3, 0.4) is 0 Å². The van der Waals surface area contributed by atoms with E-state index in [0.717, 1.165) is 43.8 Å². The highest BCUT2D eigenvalue weighted by molar-refractivity contribution is 5.35. The molecule has 0 amide bonds. The van der Waals surface area contributed by atoms with Crippen LogP contribution in [0.4, 0.5) is 0 Å². The Balaban J connectivity index is 1.49. The number of aliphatic hydroxyl groups is 1. The molecule has 1 unspecified atom stereocenters. The molecular weight excluding hydrogens is 344 g/mol. The monoisotopic (exact) mass is 384 g/mol. The van der Waals surface area contributed by atoms with Crippen LogP contribution in [0.2, 0.25) is 0 Å². The van der Waals surface area contributed by atoms with E-state index in [-0.39, 0.29) is 6.10 Å². The van der Waals surface area contributed by atoms with E-state index in [1.165, 1.54) is 38.5 Å². The van der Waals surface area contributed by atoms with Crippen molar-refractivity contribution in [3.05, 3.63) is 22.8 Å². The van der Waals surface area contributed by atoms with E-state index < -0.39 is 0 Å². The summed E-state index contributed by atoms with van der Waals surface area (Å²) in [5.41, 5.74) is 5.83. The number of fused-ring (bicyclic) bond motifs is 5. The Morgan fingerprint density at radius 3 is 2.57 bits per heavy atom. The second-order valence-corrected chi connectivity index (χ2v) is 11.4. The molecule has 4 aliphatic carbocycles. The van der Waals surface area contributed by atoms with Crippen molar-refractivity contribution < 1.29 is 9.84 Å². The first-order valence-corrected chi connectivity index (χ1v) is 12.0. The largest absolute Gasteiger partial charge is 0.393 e. The van der Waals surface area contributed by atoms with Gasteiger partial charge >= 0.3 is 0 Å². The molecule has 3 fully saturated rings. The van der Waals surface area contributed by atoms with Crippen LogP contribution < -0.4 is 0 Å². The maximum Gasteiger partial charge on any atom is 0.0577 e. The maximum atomic E-state index is 10.3. The lowest BCUT2D eigenvalue weighted by atomic mass is 9.45. The molecule has 1 heterocycles. The van der Waals surface area contributed by atoms with Gasteiger partial charge in [0.2, 0.25) is 0 Å². The Hall–Kier alpha value is -0.600. The van der Waals surface area contributed by atoms with Gasteiger partial charge < -0.3 is 9.84 Å². The lowest BCUT2D eigenvalue weighted by Gasteiger charge is -2.59. The summed E-state index contributed by atoms with van der Waals surface area (Å²) in [6.45, 7) is 12.0. The van der Waals surface area contributed by atoms with Gasteiger partial charge in [-0.1, -0.05) is 43.6 Å². The van der Waals surface area contributed by atoms with Crippen LogP contribution in [0.5, 0.6) is 0 Å². The molecule has 2 saturated carbocycles. The Kier molecular flexibility index (Phi) is 4.64. The van der Waals surface area contributed by atoms with E-state index in [9.17, 15) is 5.11 Å². The first-order valence-electron chi connectivity index (χ1n) is 12.0. The molecule has 156 valence electrons. The minimum Gasteiger partial charge on any atom is -0.393 e. The number of hydrogen-bond acceptors (Lipinski definition) is 2. The highest BCUT2D eigenvalue weighted by Crippen LogP contribution is 2.68. The summed E-state index contributed by atoms with van der Waals surface area (Å²) in [6, 6.07) is 0. The van der Waals surface area contributed by atoms with Crippen LogP contribution in [0.15, 0.2) is 22.8 Å². The summed E-state index contributed by atoms with van der Waals surface area (Å²) >= 11 is 0. The van der Waals surface area contributed by atoms with E-state index in [1.54, 1.807) is 11.1 Å². The molecule has 1 aliphatic heterocycles. The fourth-order valence-electron chi connectivity index (χ4n) is 8.75. The number of rotatable bonds is 1. The minimum absolute atomic E-state index is 0.106. The van der Waals surface area contributed by atoms with Crippen molar-refractivity contribution in [3.8, 4) is 0 Å². The molecule has 0 aromatic heterocycles. The second kappa shape index (κ2) is 6.71. The van der Waals surface area contributed by atoms with Crippen molar-refractivity contribution >= 4 is 0 Å². The molecule has 2 heteroatoms. The first-order chi connectivity index (χ1) is 13.3. The molecule has 28 heavy (non-hydrogen) atoms. The predicted octanol–water partition coefficient (Wildman–Crippen LogP) is 5.91. The molecule has 0 aromatic carbocycles. The third-order valence-corrected chi connectivity index (χ3v) is 9.97. The van der Waals surface area contributed by atoms with Gasteiger partial charge in [0.1, 0.15) is 0 Å². The van der Waals surface area contributed by atoms with E-state index in [4.69, 9.17) is 4.74 Å². The van der Waals surface area contributed by atoms with Gasteiger partial charge in [-0.25, -0.2) is 0 Å². The minimum atomic E-state index is -0.106.